The van der Waals surface area contributed by atoms with Gasteiger partial charge < -0.3 is 39.7 Å². The minimum Gasteiger partial charge on any atom is -0.493 e. The number of ether oxygens (including phenoxy) is 3. The van der Waals surface area contributed by atoms with Crippen molar-refractivity contribution < 1.29 is 57.1 Å². The molecule has 4 N–H and O–H groups in total. The second-order valence-corrected chi connectivity index (χ2v) is 10.4. The number of aliphatic hydroxyl groups excluding tert-OH is 1. The molecule has 2 aliphatic heterocycles. The third kappa shape index (κ3) is 4.57. The van der Waals surface area contributed by atoms with Crippen molar-refractivity contribution in [2.45, 2.75) is 74.6 Å². The van der Waals surface area contributed by atoms with Crippen molar-refractivity contribution in [3.63, 3.8) is 0 Å². The lowest BCUT2D eigenvalue weighted by atomic mass is 9.50. The predicted molar refractivity (Wildman–Crippen MR) is 131 cm³/mol. The molecule has 2 bridgehead atoms. The number of benzene rings is 1. The van der Waals surface area contributed by atoms with Crippen LogP contribution in [-0.4, -0.2) is 94.8 Å². The van der Waals surface area contributed by atoms with Gasteiger partial charge in [0.05, 0.1) is 18.1 Å². The number of amides is 1. The maximum atomic E-state index is 12.8. The summed E-state index contributed by atoms with van der Waals surface area (Å²) in [6.45, 7) is 3.59. The molecule has 2 heterocycles. The summed E-state index contributed by atoms with van der Waals surface area (Å²) >= 11 is 0. The number of hydrogen-bond donors (Lipinski definition) is 4. The van der Waals surface area contributed by atoms with Crippen molar-refractivity contribution in [3.8, 4) is 11.5 Å². The first-order chi connectivity index (χ1) is 18.6. The van der Waals surface area contributed by atoms with Gasteiger partial charge in [-0.05, 0) is 58.0 Å². The number of methoxy groups -OCH3 is 1. The average Bonchev–Trinajstić information content (AvgIpc) is 3.23. The van der Waals surface area contributed by atoms with Gasteiger partial charge in [0.1, 0.15) is 17.9 Å². The lowest BCUT2D eigenvalue weighted by Gasteiger charge is -2.61. The fourth-order valence-electron chi connectivity index (χ4n) is 6.19. The molecule has 40 heavy (non-hydrogen) atoms. The van der Waals surface area contributed by atoms with E-state index in [0.717, 1.165) is 17.7 Å². The van der Waals surface area contributed by atoms with Crippen molar-refractivity contribution in [2.75, 3.05) is 20.7 Å². The quantitative estimate of drug-likeness (QED) is 0.376. The zero-order chi connectivity index (χ0) is 29.8. The number of esters is 1. The summed E-state index contributed by atoms with van der Waals surface area (Å²) in [7, 11) is 3.61. The maximum absolute atomic E-state index is 12.8. The number of nitrogens with zero attached hydrogens (tertiary/aromatic N) is 1. The summed E-state index contributed by atoms with van der Waals surface area (Å²) in [5.74, 6) is -2.57. The Balaban J connectivity index is 0.000000470. The molecule has 1 unspecified atom stereocenters. The van der Waals surface area contributed by atoms with Crippen LogP contribution >= 0.6 is 0 Å². The van der Waals surface area contributed by atoms with Gasteiger partial charge >= 0.3 is 18.1 Å². The van der Waals surface area contributed by atoms with Crippen LogP contribution in [0, 0.1) is 0 Å². The van der Waals surface area contributed by atoms with Gasteiger partial charge in [0.15, 0.2) is 17.6 Å². The number of rotatable bonds is 5. The van der Waals surface area contributed by atoms with Crippen molar-refractivity contribution >= 4 is 17.8 Å². The van der Waals surface area contributed by atoms with Crippen LogP contribution in [0.5, 0.6) is 11.5 Å². The Morgan fingerprint density at radius 3 is 2.48 bits per heavy atom. The number of likely N-dealkylation sites (N-methyl/N-ethyl adjacent to an activating group) is 1. The summed E-state index contributed by atoms with van der Waals surface area (Å²) in [6.07, 6.45) is -3.63. The summed E-state index contributed by atoms with van der Waals surface area (Å²) in [5, 5.41) is 31.1. The highest BCUT2D eigenvalue weighted by Gasteiger charge is 2.72. The summed E-state index contributed by atoms with van der Waals surface area (Å²) in [4.78, 5) is 35.7. The molecule has 0 saturated carbocycles. The topological polar surface area (TPSA) is 155 Å². The largest absolute Gasteiger partial charge is 0.493 e. The normalized spacial score (nSPS) is 29.4. The van der Waals surface area contributed by atoms with E-state index in [4.69, 9.17) is 24.1 Å². The van der Waals surface area contributed by atoms with Gasteiger partial charge in [-0.3, -0.25) is 4.79 Å². The van der Waals surface area contributed by atoms with Gasteiger partial charge in [0.2, 0.25) is 5.91 Å². The third-order valence-electron chi connectivity index (χ3n) is 8.11. The fraction of sp³-hybridized carbons (Fsp3) is 0.577. The number of nitrogens with one attached hydrogen (secondary N) is 1. The van der Waals surface area contributed by atoms with E-state index in [0.29, 0.717) is 36.5 Å². The third-order valence-corrected chi connectivity index (χ3v) is 8.11. The first kappa shape index (κ1) is 29.6. The van der Waals surface area contributed by atoms with Gasteiger partial charge in [-0.15, -0.1) is 0 Å². The van der Waals surface area contributed by atoms with Gasteiger partial charge in [-0.1, -0.05) is 6.07 Å². The second-order valence-electron chi connectivity index (χ2n) is 10.4. The molecule has 0 radical (unpaired) electrons. The van der Waals surface area contributed by atoms with Crippen LogP contribution in [0.1, 0.15) is 37.8 Å². The highest BCUT2D eigenvalue weighted by atomic mass is 19.4. The number of hydrogen-bond acceptors (Lipinski definition) is 9. The van der Waals surface area contributed by atoms with Crippen LogP contribution in [-0.2, 0) is 31.0 Å². The average molecular weight is 573 g/mol. The van der Waals surface area contributed by atoms with Crippen molar-refractivity contribution in [3.05, 3.63) is 35.1 Å². The molecule has 1 fully saturated rings. The van der Waals surface area contributed by atoms with E-state index < -0.39 is 53.3 Å². The van der Waals surface area contributed by atoms with Crippen molar-refractivity contribution in [1.82, 2.24) is 10.2 Å². The molecule has 220 valence electrons. The summed E-state index contributed by atoms with van der Waals surface area (Å²) in [6, 6.07) is 2.86. The van der Waals surface area contributed by atoms with E-state index in [2.05, 4.69) is 10.2 Å². The number of likely N-dealkylation sites (tertiary alicyclic amines) is 1. The Hall–Kier alpha value is -3.36. The molecule has 1 amide bonds. The number of alkyl halides is 3. The van der Waals surface area contributed by atoms with Crippen LogP contribution in [0.15, 0.2) is 24.0 Å². The highest BCUT2D eigenvalue weighted by Crippen LogP contribution is 2.65. The van der Waals surface area contributed by atoms with Crippen LogP contribution in [0.3, 0.4) is 0 Å². The van der Waals surface area contributed by atoms with E-state index in [1.165, 1.54) is 13.8 Å². The Morgan fingerprint density at radius 2 is 1.90 bits per heavy atom. The molecule has 0 aromatic heterocycles. The number of carboxylic acids is 1. The fourth-order valence-corrected chi connectivity index (χ4v) is 6.19. The number of aliphatic hydroxyl groups is 2. The van der Waals surface area contributed by atoms with Gasteiger partial charge in [0.25, 0.3) is 0 Å². The lowest BCUT2D eigenvalue weighted by Crippen LogP contribution is -2.74. The Kier molecular flexibility index (Phi) is 7.58. The molecule has 1 aromatic carbocycles. The Bertz CT molecular complexity index is 1250. The van der Waals surface area contributed by atoms with E-state index in [9.17, 15) is 33.0 Å². The van der Waals surface area contributed by atoms with Crippen LogP contribution in [0.2, 0.25) is 0 Å². The first-order valence-electron chi connectivity index (χ1n) is 12.6. The van der Waals surface area contributed by atoms with E-state index >= 15 is 0 Å². The Morgan fingerprint density at radius 1 is 1.25 bits per heavy atom. The van der Waals surface area contributed by atoms with E-state index in [1.807, 2.05) is 19.2 Å². The first-order valence-corrected chi connectivity index (χ1v) is 12.6. The van der Waals surface area contributed by atoms with E-state index in [-0.39, 0.29) is 6.04 Å². The van der Waals surface area contributed by atoms with Crippen LogP contribution in [0.4, 0.5) is 13.2 Å². The zero-order valence-corrected chi connectivity index (χ0v) is 22.2. The zero-order valence-electron chi connectivity index (χ0n) is 22.2. The van der Waals surface area contributed by atoms with Gasteiger partial charge in [-0.25, -0.2) is 9.59 Å². The van der Waals surface area contributed by atoms with E-state index in [1.54, 1.807) is 13.2 Å². The highest BCUT2D eigenvalue weighted by molar-refractivity contribution is 5.86. The van der Waals surface area contributed by atoms with Gasteiger partial charge in [-0.2, -0.15) is 13.2 Å². The summed E-state index contributed by atoms with van der Waals surface area (Å²) < 4.78 is 49.5. The molecule has 2 aliphatic carbocycles. The van der Waals surface area contributed by atoms with Crippen LogP contribution < -0.4 is 14.8 Å². The van der Waals surface area contributed by atoms with Crippen LogP contribution in [0.25, 0.3) is 0 Å². The lowest BCUT2D eigenvalue weighted by molar-refractivity contribution is -0.192. The van der Waals surface area contributed by atoms with Crippen molar-refractivity contribution in [2.24, 2.45) is 0 Å². The molecule has 11 nitrogen and oxygen atoms in total. The molecule has 5 rings (SSSR count). The Labute approximate surface area is 227 Å². The number of carbonyl (C=O) groups is 3. The summed E-state index contributed by atoms with van der Waals surface area (Å²) in [5.41, 5.74) is 0.214. The molecule has 1 saturated heterocycles. The minimum atomic E-state index is -5.08. The molecule has 1 spiro atoms. The smallest absolute Gasteiger partial charge is 0.490 e. The second kappa shape index (κ2) is 10.2. The maximum Gasteiger partial charge on any atom is 0.490 e. The minimum absolute atomic E-state index is 0.0954. The molecule has 4 aliphatic rings. The number of aliphatic carboxylic acids is 1. The molecule has 1 aromatic rings. The predicted octanol–water partition coefficient (Wildman–Crippen LogP) is 1.03. The molecule has 14 heteroatoms. The van der Waals surface area contributed by atoms with Crippen molar-refractivity contribution in [1.29, 1.82) is 0 Å². The molecular formula is C26H31F3N2O9. The number of piperidine rings is 1. The number of halogens is 3. The molecule has 6 atom stereocenters. The number of carboxylic acid groups (broad SMARTS) is 1. The number of carbonyl (C=O) groups excluding carboxylic acids is 2. The SMILES string of the molecule is COc1ccc2c3c1O[C@H]1C(OC(=O)C(C)NC(=O)[C@H](C)O)=CC[C@@]4(O)[C@@H](C2)N(C)CC[C@]314.O=C(O)C(F)(F)F. The van der Waals surface area contributed by atoms with Gasteiger partial charge in [0, 0.05) is 18.0 Å². The standard InChI is InChI=1S/C24H30N2O7.C2HF3O2/c1-12(25-21(28)13(2)27)22(29)32-16-7-8-24(30)17-11-14-5-6-15(31-4)19-18(14)23(24,20(16)33-19)9-10-26(17)3;3-2(4,5)1(6)7/h5-7,12-13,17,20,27,30H,8-11H2,1-4H3,(H,25,28);(H,6,7)/t12?,13-,17+,20-,23-,24+;/m0./s1. The monoisotopic (exact) mass is 572 g/mol. The molecular weight excluding hydrogens is 541 g/mol.